The summed E-state index contributed by atoms with van der Waals surface area (Å²) in [5.74, 6) is 0. The Hall–Kier alpha value is -1.24. The van der Waals surface area contributed by atoms with Gasteiger partial charge in [0, 0.05) is 14.2 Å². The van der Waals surface area contributed by atoms with Gasteiger partial charge in [0.25, 0.3) is 0 Å². The second-order valence-corrected chi connectivity index (χ2v) is 17.2. The van der Waals surface area contributed by atoms with E-state index >= 15 is 0 Å². The molecule has 6 rings (SSSR count). The first-order chi connectivity index (χ1) is 32.8. The van der Waals surface area contributed by atoms with Crippen LogP contribution in [0.2, 0.25) is 0 Å². The molecule has 0 bridgehead atoms. The van der Waals surface area contributed by atoms with Crippen LogP contribution in [0.4, 0.5) is 0 Å². The molecule has 0 spiro atoms. The van der Waals surface area contributed by atoms with Gasteiger partial charge in [-0.05, 0) is 0 Å². The summed E-state index contributed by atoms with van der Waals surface area (Å²) >= 11 is 0. The zero-order chi connectivity index (χ0) is 50.8. The first-order valence-electron chi connectivity index (χ1n) is 21.9. The van der Waals surface area contributed by atoms with Gasteiger partial charge < -0.3 is 153 Å². The molecule has 0 aromatic rings. The second kappa shape index (κ2) is 24.9. The van der Waals surface area contributed by atoms with Gasteiger partial charge in [0.15, 0.2) is 37.7 Å². The van der Waals surface area contributed by atoms with Crippen molar-refractivity contribution in [1.82, 2.24) is 0 Å². The molecule has 0 aromatic carbocycles. The first-order valence-corrected chi connectivity index (χ1v) is 21.9. The Balaban J connectivity index is 1.17. The Labute approximate surface area is 391 Å². The van der Waals surface area contributed by atoms with E-state index in [0.29, 0.717) is 0 Å². The van der Waals surface area contributed by atoms with Crippen molar-refractivity contribution in [2.75, 3.05) is 53.9 Å². The molecule has 0 saturated carbocycles. The Bertz CT molecular complexity index is 1530. The highest BCUT2D eigenvalue weighted by molar-refractivity contribution is 4.99. The minimum Gasteiger partial charge on any atom is -0.394 e. The van der Waals surface area contributed by atoms with Crippen LogP contribution < -0.4 is 0 Å². The molecule has 0 amide bonds. The van der Waals surface area contributed by atoms with Crippen molar-refractivity contribution in [3.63, 3.8) is 0 Å². The SMILES string of the molecule is CO[C@@H]1OC(CO)[C@@H](O[C@@H]2O[C@@H](CO[C@H]3O[C@@H](CO)[C@H](O)C(O)C3O)[C@@H](O[C@@H]3OC(CO)[C@@H](O[C@H]4O[C@@H](CO)[C@@H](O[C@@H]5OC(CO)[C@@H](OC)[C@@H](O)C5O)C(O)C4O)[C@@H](O)C3O)C(O)C2O)[C@@H](O)C1O. The van der Waals surface area contributed by atoms with E-state index in [4.69, 9.17) is 61.6 Å². The van der Waals surface area contributed by atoms with Gasteiger partial charge in [0.1, 0.15) is 146 Å². The van der Waals surface area contributed by atoms with E-state index in [9.17, 15) is 91.9 Å². The maximum absolute atomic E-state index is 11.5. The number of hydrogen-bond acceptors (Lipinski definition) is 31. The van der Waals surface area contributed by atoms with Gasteiger partial charge in [0.2, 0.25) is 0 Å². The minimum atomic E-state index is -2.22. The average molecular weight is 1020 g/mol. The zero-order valence-electron chi connectivity index (χ0n) is 36.9. The summed E-state index contributed by atoms with van der Waals surface area (Å²) in [4.78, 5) is 0. The lowest BCUT2D eigenvalue weighted by atomic mass is 9.95. The summed E-state index contributed by atoms with van der Waals surface area (Å²) in [6.45, 7) is -5.23. The lowest BCUT2D eigenvalue weighted by Gasteiger charge is -2.50. The van der Waals surface area contributed by atoms with Crippen molar-refractivity contribution in [2.45, 2.75) is 184 Å². The normalized spacial score (nSPS) is 52.2. The number of rotatable bonds is 18. The highest BCUT2D eigenvalue weighted by atomic mass is 16.8. The fourth-order valence-electron chi connectivity index (χ4n) is 8.87. The minimum absolute atomic E-state index is 0.700. The molecule has 6 heterocycles. The molecule has 0 aromatic heterocycles. The maximum Gasteiger partial charge on any atom is 0.187 e. The Morgan fingerprint density at radius 3 is 0.899 bits per heavy atom. The monoisotopic (exact) mass is 1020 g/mol. The molecule has 6 saturated heterocycles. The predicted molar refractivity (Wildman–Crippen MR) is 209 cm³/mol. The Morgan fingerprint density at radius 1 is 0.275 bits per heavy atom. The van der Waals surface area contributed by atoms with Crippen molar-refractivity contribution in [1.29, 1.82) is 0 Å². The van der Waals surface area contributed by atoms with Gasteiger partial charge in [0.05, 0.1) is 39.6 Å². The van der Waals surface area contributed by atoms with Crippen molar-refractivity contribution in [3.8, 4) is 0 Å². The quantitative estimate of drug-likeness (QED) is 0.0606. The summed E-state index contributed by atoms with van der Waals surface area (Å²) in [7, 11) is 2.33. The van der Waals surface area contributed by atoms with Crippen LogP contribution in [0, 0.1) is 0 Å². The number of aliphatic hydroxyl groups is 18. The number of methoxy groups -OCH3 is 2. The van der Waals surface area contributed by atoms with E-state index in [1.807, 2.05) is 0 Å². The number of aliphatic hydroxyl groups excluding tert-OH is 18. The van der Waals surface area contributed by atoms with Crippen molar-refractivity contribution < 1.29 is 153 Å². The summed E-state index contributed by atoms with van der Waals surface area (Å²) in [5.41, 5.74) is 0. The van der Waals surface area contributed by atoms with Crippen LogP contribution in [0.25, 0.3) is 0 Å². The maximum atomic E-state index is 11.5. The van der Waals surface area contributed by atoms with Crippen molar-refractivity contribution in [3.05, 3.63) is 0 Å². The molecule has 404 valence electrons. The third-order valence-corrected chi connectivity index (χ3v) is 12.9. The number of hydrogen-bond donors (Lipinski definition) is 18. The van der Waals surface area contributed by atoms with Crippen LogP contribution in [0.15, 0.2) is 0 Å². The Kier molecular flexibility index (Phi) is 20.6. The van der Waals surface area contributed by atoms with Crippen LogP contribution in [0.5, 0.6) is 0 Å². The molecule has 69 heavy (non-hydrogen) atoms. The highest BCUT2D eigenvalue weighted by Crippen LogP contribution is 2.36. The predicted octanol–water partition coefficient (Wildman–Crippen LogP) is -12.8. The third kappa shape index (κ3) is 11.8. The van der Waals surface area contributed by atoms with Crippen LogP contribution in [0.1, 0.15) is 0 Å². The molecule has 31 nitrogen and oxygen atoms in total. The average Bonchev–Trinajstić information content (AvgIpc) is 3.34. The fourth-order valence-corrected chi connectivity index (χ4v) is 8.87. The van der Waals surface area contributed by atoms with Crippen LogP contribution in [-0.2, 0) is 61.6 Å². The largest absolute Gasteiger partial charge is 0.394 e. The van der Waals surface area contributed by atoms with E-state index in [0.717, 1.165) is 7.11 Å². The molecule has 0 aliphatic carbocycles. The molecule has 6 fully saturated rings. The van der Waals surface area contributed by atoms with Crippen molar-refractivity contribution >= 4 is 0 Å². The van der Waals surface area contributed by atoms with Gasteiger partial charge in [-0.15, -0.1) is 0 Å². The molecule has 6 aliphatic rings. The van der Waals surface area contributed by atoms with Gasteiger partial charge in [-0.2, -0.15) is 0 Å². The third-order valence-electron chi connectivity index (χ3n) is 12.9. The number of ether oxygens (including phenoxy) is 13. The van der Waals surface area contributed by atoms with Gasteiger partial charge >= 0.3 is 0 Å². The summed E-state index contributed by atoms with van der Waals surface area (Å²) < 4.78 is 72.2. The Morgan fingerprint density at radius 2 is 0.551 bits per heavy atom. The zero-order valence-corrected chi connectivity index (χ0v) is 36.9. The van der Waals surface area contributed by atoms with E-state index in [1.165, 1.54) is 7.11 Å². The van der Waals surface area contributed by atoms with Gasteiger partial charge in [-0.25, -0.2) is 0 Å². The summed E-state index contributed by atoms with van der Waals surface area (Å²) in [6, 6.07) is 0. The first kappa shape index (κ1) is 57.0. The van der Waals surface area contributed by atoms with Gasteiger partial charge in [-0.1, -0.05) is 0 Å². The smallest absolute Gasteiger partial charge is 0.187 e. The standard InChI is InChI=1S/C38H66O31/c1-57-28-10(4-40)62-35(24(53)17(28)46)66-30-12(6-42)63-36(25(54)19(30)48)67-31-13(7-43)64-37(26(55)20(31)49)69-32-14(8-59-34-22(51)16(45)15(44)9(3-39)60-34)65-38(27(56)21(32)50)68-29-11(5-41)61-33(58-2)23(52)18(29)47/h9-56H,3-8H2,1-2H3/t9-,10?,11?,12-,13?,14-,15-,16?,17-,18-,19?,20-,21?,22?,23?,24?,25?,26?,27?,28+,29+,30+,31+,32+,33+,34-,35-,36+,37-,38-/m0/s1. The molecule has 30 atom stereocenters. The molecular weight excluding hydrogens is 952 g/mol. The van der Waals surface area contributed by atoms with Crippen LogP contribution in [-0.4, -0.2) is 330 Å². The second-order valence-electron chi connectivity index (χ2n) is 17.2. The topological polar surface area (TPSA) is 484 Å². The molecule has 31 heteroatoms. The molecule has 18 N–H and O–H groups in total. The van der Waals surface area contributed by atoms with Gasteiger partial charge in [-0.3, -0.25) is 0 Å². The van der Waals surface area contributed by atoms with Crippen molar-refractivity contribution in [2.24, 2.45) is 0 Å². The fraction of sp³-hybridized carbons (Fsp3) is 1.00. The highest BCUT2D eigenvalue weighted by Gasteiger charge is 2.57. The van der Waals surface area contributed by atoms with E-state index < -0.39 is 224 Å². The summed E-state index contributed by atoms with van der Waals surface area (Å²) in [6.07, 6.45) is -54.3. The van der Waals surface area contributed by atoms with Crippen LogP contribution >= 0.6 is 0 Å². The molecule has 12 unspecified atom stereocenters. The van der Waals surface area contributed by atoms with E-state index in [-0.39, 0.29) is 0 Å². The van der Waals surface area contributed by atoms with E-state index in [1.54, 1.807) is 0 Å². The lowest BCUT2D eigenvalue weighted by Crippen LogP contribution is -2.68. The molecule has 0 radical (unpaired) electrons. The van der Waals surface area contributed by atoms with E-state index in [2.05, 4.69) is 0 Å². The van der Waals surface area contributed by atoms with Crippen LogP contribution in [0.3, 0.4) is 0 Å². The summed E-state index contributed by atoms with van der Waals surface area (Å²) in [5, 5.41) is 192. The molecule has 6 aliphatic heterocycles. The lowest BCUT2D eigenvalue weighted by molar-refractivity contribution is -0.395. The molecular formula is C38H66O31.